The zero-order chi connectivity index (χ0) is 13.7. The zero-order valence-corrected chi connectivity index (χ0v) is 12.3. The zero-order valence-electron chi connectivity index (χ0n) is 10.7. The number of aromatic nitrogens is 2. The van der Waals surface area contributed by atoms with E-state index in [9.17, 15) is 5.26 Å². The predicted octanol–water partition coefficient (Wildman–Crippen LogP) is 3.73. The third kappa shape index (κ3) is 3.15. The number of aryl methyl sites for hydroxylation is 1. The molecule has 0 spiro atoms. The van der Waals surface area contributed by atoms with Gasteiger partial charge in [-0.15, -0.1) is 0 Å². The van der Waals surface area contributed by atoms with E-state index in [2.05, 4.69) is 39.2 Å². The number of nitrogens with zero attached hydrogens (tertiary/aromatic N) is 3. The number of nitriles is 1. The lowest BCUT2D eigenvalue weighted by atomic mass is 10.2. The Morgan fingerprint density at radius 3 is 2.95 bits per heavy atom. The van der Waals surface area contributed by atoms with Crippen molar-refractivity contribution in [2.45, 2.75) is 25.9 Å². The Bertz CT molecular complexity index is 585. The van der Waals surface area contributed by atoms with Gasteiger partial charge in [-0.3, -0.25) is 0 Å². The molecule has 1 atom stereocenters. The van der Waals surface area contributed by atoms with Crippen LogP contribution < -0.4 is 5.32 Å². The maximum atomic E-state index is 9.37. The van der Waals surface area contributed by atoms with Gasteiger partial charge in [0.2, 0.25) is 0 Å². The van der Waals surface area contributed by atoms with Gasteiger partial charge >= 0.3 is 0 Å². The Morgan fingerprint density at radius 2 is 2.26 bits per heavy atom. The smallest absolute Gasteiger partial charge is 0.156 e. The van der Waals surface area contributed by atoms with Gasteiger partial charge in [0.15, 0.2) is 6.04 Å². The van der Waals surface area contributed by atoms with Crippen LogP contribution in [-0.4, -0.2) is 9.55 Å². The van der Waals surface area contributed by atoms with Gasteiger partial charge in [0.25, 0.3) is 0 Å². The second-order valence-electron chi connectivity index (χ2n) is 4.20. The quantitative estimate of drug-likeness (QED) is 0.913. The summed E-state index contributed by atoms with van der Waals surface area (Å²) in [6, 6.07) is 9.64. The second kappa shape index (κ2) is 6.39. The van der Waals surface area contributed by atoms with Crippen LogP contribution in [-0.2, 0) is 6.54 Å². The Morgan fingerprint density at radius 1 is 1.47 bits per heavy atom. The fourth-order valence-electron chi connectivity index (χ4n) is 1.91. The fraction of sp³-hybridized carbons (Fsp3) is 0.286. The molecule has 1 unspecified atom stereocenters. The summed E-state index contributed by atoms with van der Waals surface area (Å²) in [6.45, 7) is 2.97. The van der Waals surface area contributed by atoms with Crippen LogP contribution in [0.1, 0.15) is 25.1 Å². The van der Waals surface area contributed by atoms with Crippen LogP contribution in [0, 0.1) is 11.3 Å². The first-order valence-electron chi connectivity index (χ1n) is 6.17. The van der Waals surface area contributed by atoms with E-state index in [-0.39, 0.29) is 0 Å². The molecule has 0 saturated carbocycles. The normalized spacial score (nSPS) is 11.8. The van der Waals surface area contributed by atoms with Gasteiger partial charge in [0, 0.05) is 16.7 Å². The van der Waals surface area contributed by atoms with Crippen LogP contribution in [0.4, 0.5) is 5.69 Å². The molecular formula is C14H15BrN4. The molecule has 0 bridgehead atoms. The van der Waals surface area contributed by atoms with Crippen molar-refractivity contribution >= 4 is 21.6 Å². The van der Waals surface area contributed by atoms with E-state index < -0.39 is 6.04 Å². The summed E-state index contributed by atoms with van der Waals surface area (Å²) < 4.78 is 2.95. The van der Waals surface area contributed by atoms with Crippen molar-refractivity contribution in [3.63, 3.8) is 0 Å². The second-order valence-corrected chi connectivity index (χ2v) is 5.05. The molecule has 0 saturated heterocycles. The van der Waals surface area contributed by atoms with Gasteiger partial charge in [-0.05, 0) is 34.5 Å². The van der Waals surface area contributed by atoms with Gasteiger partial charge in [0.1, 0.15) is 0 Å². The molecule has 0 aliphatic carbocycles. The molecule has 0 aliphatic rings. The van der Waals surface area contributed by atoms with Crippen LogP contribution in [0.25, 0.3) is 0 Å². The Balaban J connectivity index is 2.24. The topological polar surface area (TPSA) is 53.6 Å². The van der Waals surface area contributed by atoms with Crippen molar-refractivity contribution in [1.82, 2.24) is 9.55 Å². The number of halogens is 1. The molecule has 1 N–H and O–H groups in total. The molecule has 0 aliphatic heterocycles. The molecule has 0 fully saturated rings. The number of anilines is 1. The van der Waals surface area contributed by atoms with Crippen molar-refractivity contribution in [3.8, 4) is 6.07 Å². The number of hydrogen-bond acceptors (Lipinski definition) is 3. The number of imidazole rings is 1. The van der Waals surface area contributed by atoms with E-state index in [0.29, 0.717) is 0 Å². The summed E-state index contributed by atoms with van der Waals surface area (Å²) in [7, 11) is 0. The van der Waals surface area contributed by atoms with E-state index in [1.807, 2.05) is 28.8 Å². The predicted molar refractivity (Wildman–Crippen MR) is 78.6 cm³/mol. The minimum Gasteiger partial charge on any atom is -0.364 e. The van der Waals surface area contributed by atoms with E-state index in [0.717, 1.165) is 28.8 Å². The highest BCUT2D eigenvalue weighted by atomic mass is 79.9. The van der Waals surface area contributed by atoms with Crippen LogP contribution >= 0.6 is 15.9 Å². The van der Waals surface area contributed by atoms with Crippen molar-refractivity contribution in [1.29, 1.82) is 5.26 Å². The summed E-state index contributed by atoms with van der Waals surface area (Å²) in [5.41, 5.74) is 1.79. The molecule has 1 aromatic carbocycles. The van der Waals surface area contributed by atoms with E-state index in [1.165, 1.54) is 0 Å². The lowest BCUT2D eigenvalue weighted by molar-refractivity contribution is 0.640. The summed E-state index contributed by atoms with van der Waals surface area (Å²) >= 11 is 3.47. The summed E-state index contributed by atoms with van der Waals surface area (Å²) in [5, 5.41) is 12.6. The number of hydrogen-bond donors (Lipinski definition) is 1. The minimum atomic E-state index is -0.409. The average Bonchev–Trinajstić information content (AvgIpc) is 2.86. The van der Waals surface area contributed by atoms with E-state index >= 15 is 0 Å². The van der Waals surface area contributed by atoms with Crippen molar-refractivity contribution in [2.24, 2.45) is 0 Å². The summed E-state index contributed by atoms with van der Waals surface area (Å²) in [5.74, 6) is 0. The van der Waals surface area contributed by atoms with Gasteiger partial charge in [-0.25, -0.2) is 4.98 Å². The molecule has 4 nitrogen and oxygen atoms in total. The number of benzene rings is 1. The lowest BCUT2D eigenvalue weighted by Crippen LogP contribution is -2.14. The summed E-state index contributed by atoms with van der Waals surface area (Å²) in [6.07, 6.45) is 4.52. The molecule has 2 aromatic rings. The summed E-state index contributed by atoms with van der Waals surface area (Å²) in [4.78, 5) is 4.13. The van der Waals surface area contributed by atoms with Gasteiger partial charge < -0.3 is 9.88 Å². The minimum absolute atomic E-state index is 0.409. The standard InChI is InChI=1S/C14H15BrN4/c1-2-7-19-10-17-9-14(19)13(8-16)18-12-6-4-3-5-11(12)15/h3-6,9-10,13,18H,2,7H2,1H3. The van der Waals surface area contributed by atoms with Crippen LogP contribution in [0.3, 0.4) is 0 Å². The van der Waals surface area contributed by atoms with E-state index in [1.54, 1.807) is 12.5 Å². The largest absolute Gasteiger partial charge is 0.364 e. The van der Waals surface area contributed by atoms with Crippen molar-refractivity contribution < 1.29 is 0 Å². The SMILES string of the molecule is CCCn1cncc1C(C#N)Nc1ccccc1Br. The van der Waals surface area contributed by atoms with Gasteiger partial charge in [-0.1, -0.05) is 19.1 Å². The highest BCUT2D eigenvalue weighted by molar-refractivity contribution is 9.10. The Hall–Kier alpha value is -1.80. The van der Waals surface area contributed by atoms with Gasteiger partial charge in [0.05, 0.1) is 24.3 Å². The van der Waals surface area contributed by atoms with Crippen LogP contribution in [0.5, 0.6) is 0 Å². The highest BCUT2D eigenvalue weighted by Crippen LogP contribution is 2.26. The van der Waals surface area contributed by atoms with Gasteiger partial charge in [-0.2, -0.15) is 5.26 Å². The van der Waals surface area contributed by atoms with Crippen LogP contribution in [0.15, 0.2) is 41.3 Å². The molecular weight excluding hydrogens is 304 g/mol. The maximum absolute atomic E-state index is 9.37. The number of rotatable bonds is 5. The fourth-order valence-corrected chi connectivity index (χ4v) is 2.30. The van der Waals surface area contributed by atoms with Crippen LogP contribution in [0.2, 0.25) is 0 Å². The molecule has 19 heavy (non-hydrogen) atoms. The first-order valence-corrected chi connectivity index (χ1v) is 6.96. The first kappa shape index (κ1) is 13.6. The molecule has 2 rings (SSSR count). The van der Waals surface area contributed by atoms with Crippen molar-refractivity contribution in [3.05, 3.63) is 47.0 Å². The third-order valence-electron chi connectivity index (χ3n) is 2.81. The average molecular weight is 319 g/mol. The molecule has 98 valence electrons. The monoisotopic (exact) mass is 318 g/mol. The Kier molecular flexibility index (Phi) is 4.58. The highest BCUT2D eigenvalue weighted by Gasteiger charge is 2.15. The van der Waals surface area contributed by atoms with E-state index in [4.69, 9.17) is 0 Å². The first-order chi connectivity index (χ1) is 9.26. The number of nitrogens with one attached hydrogen (secondary N) is 1. The van der Waals surface area contributed by atoms with Crippen molar-refractivity contribution in [2.75, 3.05) is 5.32 Å². The molecule has 1 aromatic heterocycles. The maximum Gasteiger partial charge on any atom is 0.156 e. The molecule has 0 radical (unpaired) electrons. The third-order valence-corrected chi connectivity index (χ3v) is 3.50. The Labute approximate surface area is 121 Å². The number of para-hydroxylation sites is 1. The molecule has 0 amide bonds. The molecule has 1 heterocycles. The lowest BCUT2D eigenvalue weighted by Gasteiger charge is -2.16. The molecule has 5 heteroatoms.